The van der Waals surface area contributed by atoms with Gasteiger partial charge in [-0.05, 0) is 75.0 Å². The van der Waals surface area contributed by atoms with Crippen LogP contribution in [0, 0.1) is 0 Å². The van der Waals surface area contributed by atoms with E-state index in [1.165, 1.54) is 37.9 Å². The molecule has 0 bridgehead atoms. The lowest BCUT2D eigenvalue weighted by Gasteiger charge is -2.45. The van der Waals surface area contributed by atoms with Crippen LogP contribution in [0.4, 0.5) is 0 Å². The minimum atomic E-state index is 0.130. The molecule has 1 unspecified atom stereocenters. The number of piperidine rings is 1. The van der Waals surface area contributed by atoms with E-state index in [4.69, 9.17) is 5.84 Å². The number of hydrogen-bond donors (Lipinski definition) is 2. The molecule has 0 radical (unpaired) electrons. The number of nitrogens with two attached hydrogens (primary N) is 1. The molecule has 1 aromatic heterocycles. The number of aryl methyl sites for hydroxylation is 1. The standard InChI is InChI=1S/C15H27N3S/c1-15(2,18-9-4-3-5-10-18)14(17-16)7-6-13-8-11-19-12-13/h8,11-12,14,17H,3-7,9-10,16H2,1-2H3. The summed E-state index contributed by atoms with van der Waals surface area (Å²) in [6.45, 7) is 7.08. The molecule has 2 rings (SSSR count). The maximum atomic E-state index is 5.83. The van der Waals surface area contributed by atoms with Crippen molar-refractivity contribution in [2.75, 3.05) is 13.1 Å². The first kappa shape index (κ1) is 15.0. The predicted octanol–water partition coefficient (Wildman–Crippen LogP) is 2.78. The Balaban J connectivity index is 1.94. The maximum absolute atomic E-state index is 5.83. The zero-order valence-corrected chi connectivity index (χ0v) is 13.0. The fourth-order valence-corrected chi connectivity index (χ4v) is 3.78. The van der Waals surface area contributed by atoms with E-state index in [0.29, 0.717) is 6.04 Å². The quantitative estimate of drug-likeness (QED) is 0.622. The van der Waals surface area contributed by atoms with Gasteiger partial charge in [-0.1, -0.05) is 6.42 Å². The van der Waals surface area contributed by atoms with Crippen LogP contribution in [0.15, 0.2) is 16.8 Å². The summed E-state index contributed by atoms with van der Waals surface area (Å²) in [4.78, 5) is 2.61. The van der Waals surface area contributed by atoms with Gasteiger partial charge in [-0.25, -0.2) is 0 Å². The van der Waals surface area contributed by atoms with Gasteiger partial charge in [0.25, 0.3) is 0 Å². The Morgan fingerprint density at radius 1 is 1.37 bits per heavy atom. The first-order valence-corrected chi connectivity index (χ1v) is 8.31. The van der Waals surface area contributed by atoms with Crippen molar-refractivity contribution in [1.29, 1.82) is 0 Å². The van der Waals surface area contributed by atoms with Gasteiger partial charge in [0.2, 0.25) is 0 Å². The van der Waals surface area contributed by atoms with Crippen molar-refractivity contribution >= 4 is 11.3 Å². The number of thiophene rings is 1. The fraction of sp³-hybridized carbons (Fsp3) is 0.733. The number of hydrazine groups is 1. The molecule has 19 heavy (non-hydrogen) atoms. The third-order valence-corrected chi connectivity index (χ3v) is 5.26. The molecule has 0 amide bonds. The van der Waals surface area contributed by atoms with Gasteiger partial charge in [0, 0.05) is 11.6 Å². The predicted molar refractivity (Wildman–Crippen MR) is 83.3 cm³/mol. The average Bonchev–Trinajstić information content (AvgIpc) is 2.93. The van der Waals surface area contributed by atoms with E-state index >= 15 is 0 Å². The summed E-state index contributed by atoms with van der Waals surface area (Å²) in [6, 6.07) is 2.55. The van der Waals surface area contributed by atoms with Crippen LogP contribution in [0.1, 0.15) is 45.1 Å². The Bertz CT molecular complexity index is 355. The lowest BCUT2D eigenvalue weighted by atomic mass is 9.87. The summed E-state index contributed by atoms with van der Waals surface area (Å²) in [5, 5.41) is 4.39. The van der Waals surface area contributed by atoms with Gasteiger partial charge in [-0.15, -0.1) is 0 Å². The molecule has 0 aliphatic carbocycles. The SMILES string of the molecule is CC(C)(C(CCc1ccsc1)NN)N1CCCCC1. The number of hydrogen-bond acceptors (Lipinski definition) is 4. The summed E-state index contributed by atoms with van der Waals surface area (Å²) in [5.41, 5.74) is 4.62. The Morgan fingerprint density at radius 3 is 2.68 bits per heavy atom. The van der Waals surface area contributed by atoms with Crippen LogP contribution in [0.25, 0.3) is 0 Å². The molecule has 1 aliphatic heterocycles. The van der Waals surface area contributed by atoms with E-state index in [2.05, 4.69) is 41.0 Å². The second kappa shape index (κ2) is 6.84. The van der Waals surface area contributed by atoms with Crippen molar-refractivity contribution in [2.24, 2.45) is 5.84 Å². The topological polar surface area (TPSA) is 41.3 Å². The van der Waals surface area contributed by atoms with Gasteiger partial charge >= 0.3 is 0 Å². The molecule has 1 fully saturated rings. The fourth-order valence-electron chi connectivity index (χ4n) is 3.08. The molecular formula is C15H27N3S. The highest BCUT2D eigenvalue weighted by molar-refractivity contribution is 7.07. The second-order valence-electron chi connectivity index (χ2n) is 6.09. The highest BCUT2D eigenvalue weighted by Gasteiger charge is 2.35. The minimum Gasteiger partial charge on any atom is -0.297 e. The smallest absolute Gasteiger partial charge is 0.0392 e. The Labute approximate surface area is 121 Å². The van der Waals surface area contributed by atoms with Gasteiger partial charge in [-0.2, -0.15) is 11.3 Å². The van der Waals surface area contributed by atoms with Crippen LogP contribution in [-0.2, 0) is 6.42 Å². The zero-order chi connectivity index (χ0) is 13.7. The molecule has 0 aromatic carbocycles. The summed E-state index contributed by atoms with van der Waals surface area (Å²) in [7, 11) is 0. The molecule has 4 heteroatoms. The number of nitrogens with zero attached hydrogens (tertiary/aromatic N) is 1. The first-order valence-electron chi connectivity index (χ1n) is 7.37. The van der Waals surface area contributed by atoms with Gasteiger partial charge in [0.15, 0.2) is 0 Å². The van der Waals surface area contributed by atoms with Crippen LogP contribution < -0.4 is 11.3 Å². The van der Waals surface area contributed by atoms with E-state index in [1.807, 2.05) is 0 Å². The van der Waals surface area contributed by atoms with E-state index in [0.717, 1.165) is 12.8 Å². The second-order valence-corrected chi connectivity index (χ2v) is 6.87. The molecule has 108 valence electrons. The van der Waals surface area contributed by atoms with Crippen molar-refractivity contribution < 1.29 is 0 Å². The molecule has 1 aromatic rings. The molecule has 1 saturated heterocycles. The molecule has 1 atom stereocenters. The van der Waals surface area contributed by atoms with E-state index in [9.17, 15) is 0 Å². The lowest BCUT2D eigenvalue weighted by Crippen LogP contribution is -2.60. The number of rotatable bonds is 6. The van der Waals surface area contributed by atoms with Crippen LogP contribution in [-0.4, -0.2) is 29.6 Å². The van der Waals surface area contributed by atoms with E-state index in [-0.39, 0.29) is 5.54 Å². The molecule has 0 spiro atoms. The van der Waals surface area contributed by atoms with Crippen LogP contribution >= 0.6 is 11.3 Å². The molecule has 1 aliphatic rings. The largest absolute Gasteiger partial charge is 0.297 e. The Kier molecular flexibility index (Phi) is 5.39. The van der Waals surface area contributed by atoms with Gasteiger partial charge in [0.1, 0.15) is 0 Å². The van der Waals surface area contributed by atoms with Crippen molar-refractivity contribution in [2.45, 2.75) is 57.5 Å². The average molecular weight is 281 g/mol. The van der Waals surface area contributed by atoms with Crippen LogP contribution in [0.2, 0.25) is 0 Å². The lowest BCUT2D eigenvalue weighted by molar-refractivity contribution is 0.0583. The van der Waals surface area contributed by atoms with Gasteiger partial charge in [-0.3, -0.25) is 16.2 Å². The highest BCUT2D eigenvalue weighted by Crippen LogP contribution is 2.26. The normalized spacial score (nSPS) is 19.5. The van der Waals surface area contributed by atoms with Gasteiger partial charge < -0.3 is 0 Å². The summed E-state index contributed by atoms with van der Waals surface area (Å²) >= 11 is 1.77. The molecular weight excluding hydrogens is 254 g/mol. The van der Waals surface area contributed by atoms with Crippen molar-refractivity contribution in [3.63, 3.8) is 0 Å². The highest BCUT2D eigenvalue weighted by atomic mass is 32.1. The zero-order valence-electron chi connectivity index (χ0n) is 12.2. The van der Waals surface area contributed by atoms with Crippen LogP contribution in [0.5, 0.6) is 0 Å². The third kappa shape index (κ3) is 3.78. The summed E-state index contributed by atoms with van der Waals surface area (Å²) in [6.07, 6.45) is 6.23. The monoisotopic (exact) mass is 281 g/mol. The van der Waals surface area contributed by atoms with Gasteiger partial charge in [0.05, 0.1) is 0 Å². The Morgan fingerprint density at radius 2 is 2.11 bits per heavy atom. The molecule has 0 saturated carbocycles. The maximum Gasteiger partial charge on any atom is 0.0392 e. The van der Waals surface area contributed by atoms with Crippen molar-refractivity contribution in [1.82, 2.24) is 10.3 Å². The Hall–Kier alpha value is -0.420. The number of nitrogens with one attached hydrogen (secondary N) is 1. The molecule has 2 heterocycles. The number of likely N-dealkylation sites (tertiary alicyclic amines) is 1. The van der Waals surface area contributed by atoms with E-state index < -0.39 is 0 Å². The molecule has 3 N–H and O–H groups in total. The molecule has 3 nitrogen and oxygen atoms in total. The summed E-state index contributed by atoms with van der Waals surface area (Å²) < 4.78 is 0. The van der Waals surface area contributed by atoms with Crippen molar-refractivity contribution in [3.8, 4) is 0 Å². The van der Waals surface area contributed by atoms with Crippen molar-refractivity contribution in [3.05, 3.63) is 22.4 Å². The van der Waals surface area contributed by atoms with E-state index in [1.54, 1.807) is 11.3 Å². The summed E-state index contributed by atoms with van der Waals surface area (Å²) in [5.74, 6) is 5.83. The first-order chi connectivity index (χ1) is 9.14. The third-order valence-electron chi connectivity index (χ3n) is 4.53. The van der Waals surface area contributed by atoms with Crippen LogP contribution in [0.3, 0.4) is 0 Å². The minimum absolute atomic E-state index is 0.130.